The highest BCUT2D eigenvalue weighted by Gasteiger charge is 2.15. The molecule has 11 heteroatoms. The molecule has 0 bridgehead atoms. The molecule has 3 aromatic carbocycles. The number of carbonyl (C=O) groups excluding carboxylic acids is 1. The molecule has 9 nitrogen and oxygen atoms in total. The van der Waals surface area contributed by atoms with E-state index >= 15 is 0 Å². The van der Waals surface area contributed by atoms with E-state index in [4.69, 9.17) is 27.9 Å². The van der Waals surface area contributed by atoms with Gasteiger partial charge in [0.1, 0.15) is 5.75 Å². The summed E-state index contributed by atoms with van der Waals surface area (Å²) >= 11 is 12.3. The molecule has 4 rings (SSSR count). The van der Waals surface area contributed by atoms with Gasteiger partial charge in [-0.05, 0) is 47.3 Å². The van der Waals surface area contributed by atoms with Gasteiger partial charge in [0.25, 0.3) is 5.91 Å². The standard InChI is InChI=1S/C21H15Cl2N5O4/c22-14-7-12-6-13(21(30)31)8-17(20(12)16(23)9-14)32-10-19(29)24-15-3-1-11(2-4-15)5-18-25-27-28-26-18/h1-4,6-9H,5,10H2,(H,24,29)(H,30,31)(H,25,26,27,28). The number of carbonyl (C=O) groups is 2. The Hall–Kier alpha value is -3.69. The van der Waals surface area contributed by atoms with Gasteiger partial charge in [-0.1, -0.05) is 40.5 Å². The topological polar surface area (TPSA) is 130 Å². The number of nitrogens with zero attached hydrogens (tertiary/aromatic N) is 3. The molecule has 3 N–H and O–H groups in total. The predicted octanol–water partition coefficient (Wildman–Crippen LogP) is 3.97. The lowest BCUT2D eigenvalue weighted by Gasteiger charge is -2.13. The van der Waals surface area contributed by atoms with Gasteiger partial charge in [0, 0.05) is 22.5 Å². The van der Waals surface area contributed by atoms with E-state index in [0.717, 1.165) is 5.56 Å². The normalized spacial score (nSPS) is 10.8. The molecule has 0 aliphatic heterocycles. The summed E-state index contributed by atoms with van der Waals surface area (Å²) in [5.41, 5.74) is 1.51. The molecule has 0 fully saturated rings. The lowest BCUT2D eigenvalue weighted by Crippen LogP contribution is -2.20. The number of hydrogen-bond donors (Lipinski definition) is 3. The molecule has 0 aliphatic rings. The number of halogens is 2. The molecule has 0 unspecified atom stereocenters. The SMILES string of the molecule is O=C(COc1cc(C(=O)O)cc2cc(Cl)cc(Cl)c12)Nc1ccc(Cc2nn[nH]n2)cc1. The molecule has 4 aromatic rings. The first-order chi connectivity index (χ1) is 15.4. The predicted molar refractivity (Wildman–Crippen MR) is 118 cm³/mol. The van der Waals surface area contributed by atoms with E-state index in [1.54, 1.807) is 18.2 Å². The van der Waals surface area contributed by atoms with Crippen molar-refractivity contribution >= 4 is 51.5 Å². The van der Waals surface area contributed by atoms with Gasteiger partial charge in [-0.25, -0.2) is 4.79 Å². The number of aromatic nitrogens is 4. The molecular formula is C21H15Cl2N5O4. The lowest BCUT2D eigenvalue weighted by molar-refractivity contribution is -0.118. The first kappa shape index (κ1) is 21.5. The minimum atomic E-state index is -1.14. The molecule has 1 heterocycles. The van der Waals surface area contributed by atoms with Crippen molar-refractivity contribution < 1.29 is 19.4 Å². The van der Waals surface area contributed by atoms with Gasteiger partial charge in [0.2, 0.25) is 0 Å². The number of tetrazole rings is 1. The van der Waals surface area contributed by atoms with Crippen LogP contribution in [0.15, 0.2) is 48.5 Å². The van der Waals surface area contributed by atoms with E-state index in [1.807, 2.05) is 12.1 Å². The number of H-pyrrole nitrogens is 1. The summed E-state index contributed by atoms with van der Waals surface area (Å²) in [4.78, 5) is 23.8. The first-order valence-electron chi connectivity index (χ1n) is 9.29. The number of ether oxygens (including phenoxy) is 1. The van der Waals surface area contributed by atoms with E-state index in [-0.39, 0.29) is 22.9 Å². The second kappa shape index (κ2) is 9.21. The second-order valence-electron chi connectivity index (χ2n) is 6.80. The maximum atomic E-state index is 12.4. The van der Waals surface area contributed by atoms with Crippen molar-refractivity contribution in [3.05, 3.63) is 75.5 Å². The number of anilines is 1. The van der Waals surface area contributed by atoms with Crippen LogP contribution in [0.4, 0.5) is 5.69 Å². The summed E-state index contributed by atoms with van der Waals surface area (Å²) in [6.45, 7) is -0.345. The Morgan fingerprint density at radius 1 is 1.09 bits per heavy atom. The molecule has 0 saturated carbocycles. The molecule has 0 saturated heterocycles. The number of aromatic amines is 1. The minimum absolute atomic E-state index is 0.0107. The fraction of sp³-hybridized carbons (Fsp3) is 0.0952. The quantitative estimate of drug-likeness (QED) is 0.371. The maximum Gasteiger partial charge on any atom is 0.335 e. The third kappa shape index (κ3) is 4.96. The van der Waals surface area contributed by atoms with Crippen LogP contribution in [0.5, 0.6) is 5.75 Å². The van der Waals surface area contributed by atoms with Crippen LogP contribution in [-0.4, -0.2) is 44.2 Å². The van der Waals surface area contributed by atoms with Crippen molar-refractivity contribution in [3.63, 3.8) is 0 Å². The number of hydrogen-bond acceptors (Lipinski definition) is 6. The summed E-state index contributed by atoms with van der Waals surface area (Å²) in [5.74, 6) is -0.828. The third-order valence-electron chi connectivity index (χ3n) is 4.52. The molecule has 162 valence electrons. The highest BCUT2D eigenvalue weighted by Crippen LogP contribution is 2.36. The van der Waals surface area contributed by atoms with Crippen molar-refractivity contribution in [3.8, 4) is 5.75 Å². The first-order valence-corrected chi connectivity index (χ1v) is 10.0. The number of benzene rings is 3. The zero-order valence-electron chi connectivity index (χ0n) is 16.3. The van der Waals surface area contributed by atoms with Crippen molar-refractivity contribution in [1.82, 2.24) is 20.6 Å². The van der Waals surface area contributed by atoms with Crippen LogP contribution in [0.25, 0.3) is 10.8 Å². The summed E-state index contributed by atoms with van der Waals surface area (Å²) < 4.78 is 5.63. The molecule has 0 aliphatic carbocycles. The Bertz CT molecular complexity index is 1290. The van der Waals surface area contributed by atoms with Crippen molar-refractivity contribution in [2.75, 3.05) is 11.9 Å². The minimum Gasteiger partial charge on any atom is -0.483 e. The number of amides is 1. The van der Waals surface area contributed by atoms with Crippen molar-refractivity contribution in [2.45, 2.75) is 6.42 Å². The molecule has 32 heavy (non-hydrogen) atoms. The Kier molecular flexibility index (Phi) is 6.20. The summed E-state index contributed by atoms with van der Waals surface area (Å²) in [7, 11) is 0. The Labute approximate surface area is 191 Å². The second-order valence-corrected chi connectivity index (χ2v) is 7.65. The highest BCUT2D eigenvalue weighted by atomic mass is 35.5. The fourth-order valence-corrected chi connectivity index (χ4v) is 3.72. The van der Waals surface area contributed by atoms with E-state index in [9.17, 15) is 14.7 Å². The number of rotatable bonds is 7. The van der Waals surface area contributed by atoms with Gasteiger partial charge in [-0.3, -0.25) is 4.79 Å². The third-order valence-corrected chi connectivity index (χ3v) is 5.04. The largest absolute Gasteiger partial charge is 0.483 e. The average Bonchev–Trinajstić information content (AvgIpc) is 3.26. The summed E-state index contributed by atoms with van der Waals surface area (Å²) in [6.07, 6.45) is 0.506. The van der Waals surface area contributed by atoms with Gasteiger partial charge < -0.3 is 15.2 Å². The van der Waals surface area contributed by atoms with Crippen LogP contribution in [-0.2, 0) is 11.2 Å². The maximum absolute atomic E-state index is 12.4. The monoisotopic (exact) mass is 471 g/mol. The van der Waals surface area contributed by atoms with Crippen LogP contribution in [0.1, 0.15) is 21.7 Å². The number of fused-ring (bicyclic) bond motifs is 1. The molecule has 1 aromatic heterocycles. The van der Waals surface area contributed by atoms with E-state index in [2.05, 4.69) is 25.9 Å². The Balaban J connectivity index is 1.46. The van der Waals surface area contributed by atoms with Crippen LogP contribution < -0.4 is 10.1 Å². The van der Waals surface area contributed by atoms with E-state index < -0.39 is 11.9 Å². The van der Waals surface area contributed by atoms with Gasteiger partial charge in [-0.15, -0.1) is 10.2 Å². The Morgan fingerprint density at radius 3 is 2.56 bits per heavy atom. The van der Waals surface area contributed by atoms with Gasteiger partial charge in [-0.2, -0.15) is 5.21 Å². The fourth-order valence-electron chi connectivity index (χ4n) is 3.11. The number of carboxylic acids is 1. The van der Waals surface area contributed by atoms with Crippen LogP contribution >= 0.6 is 23.2 Å². The molecule has 0 atom stereocenters. The summed E-state index contributed by atoms with van der Waals surface area (Å²) in [6, 6.07) is 13.0. The molecular weight excluding hydrogens is 457 g/mol. The molecule has 1 amide bonds. The smallest absolute Gasteiger partial charge is 0.335 e. The zero-order chi connectivity index (χ0) is 22.7. The van der Waals surface area contributed by atoms with Crippen LogP contribution in [0, 0.1) is 0 Å². The van der Waals surface area contributed by atoms with Crippen LogP contribution in [0.3, 0.4) is 0 Å². The van der Waals surface area contributed by atoms with Crippen LogP contribution in [0.2, 0.25) is 10.0 Å². The number of aromatic carboxylic acids is 1. The Morgan fingerprint density at radius 2 is 1.88 bits per heavy atom. The van der Waals surface area contributed by atoms with E-state index in [1.165, 1.54) is 18.2 Å². The van der Waals surface area contributed by atoms with Crippen molar-refractivity contribution in [2.24, 2.45) is 0 Å². The van der Waals surface area contributed by atoms with Gasteiger partial charge >= 0.3 is 5.97 Å². The number of carboxylic acid groups (broad SMARTS) is 1. The van der Waals surface area contributed by atoms with Crippen molar-refractivity contribution in [1.29, 1.82) is 0 Å². The zero-order valence-corrected chi connectivity index (χ0v) is 17.8. The number of nitrogens with one attached hydrogen (secondary N) is 2. The van der Waals surface area contributed by atoms with Gasteiger partial charge in [0.15, 0.2) is 12.4 Å². The van der Waals surface area contributed by atoms with E-state index in [0.29, 0.717) is 33.7 Å². The summed E-state index contributed by atoms with van der Waals surface area (Å²) in [5, 5.41) is 27.4. The molecule has 0 radical (unpaired) electrons. The lowest BCUT2D eigenvalue weighted by atomic mass is 10.1. The highest BCUT2D eigenvalue weighted by molar-refractivity contribution is 6.39. The van der Waals surface area contributed by atoms with Gasteiger partial charge in [0.05, 0.1) is 10.6 Å². The molecule has 0 spiro atoms. The average molecular weight is 472 g/mol.